The van der Waals surface area contributed by atoms with Crippen LogP contribution in [0.1, 0.15) is 59.5 Å². The largest absolute Gasteiger partial charge is 0.437 e. The van der Waals surface area contributed by atoms with E-state index in [1.165, 1.54) is 18.6 Å². The van der Waals surface area contributed by atoms with Crippen molar-refractivity contribution in [1.29, 1.82) is 0 Å². The summed E-state index contributed by atoms with van der Waals surface area (Å²) in [7, 11) is 1.99. The first-order chi connectivity index (χ1) is 19.1. The molecular formula is C32H35N2O+. The Morgan fingerprint density at radius 3 is 2.54 bits per heavy atom. The van der Waals surface area contributed by atoms with Crippen LogP contribution in [0, 0.1) is 12.8 Å². The number of benzene rings is 2. The van der Waals surface area contributed by atoms with Crippen LogP contribution in [0.5, 0.6) is 0 Å². The van der Waals surface area contributed by atoms with Crippen LogP contribution in [0.3, 0.4) is 0 Å². The summed E-state index contributed by atoms with van der Waals surface area (Å²) in [4.78, 5) is 4.51. The summed E-state index contributed by atoms with van der Waals surface area (Å²) in [5.41, 5.74) is 5.02. The summed E-state index contributed by atoms with van der Waals surface area (Å²) in [5.74, 6) is 0.564. The van der Waals surface area contributed by atoms with Gasteiger partial charge in [-0.15, -0.1) is 0 Å². The average Bonchev–Trinajstić information content (AvgIpc) is 3.25. The lowest BCUT2D eigenvalue weighted by Crippen LogP contribution is -2.30. The molecule has 0 radical (unpaired) electrons. The number of nitrogens with zero attached hydrogens (tertiary/aromatic N) is 2. The van der Waals surface area contributed by atoms with Crippen LogP contribution >= 0.6 is 0 Å². The van der Waals surface area contributed by atoms with Gasteiger partial charge in [-0.3, -0.25) is 0 Å². The van der Waals surface area contributed by atoms with Crippen molar-refractivity contribution in [1.82, 2.24) is 4.98 Å². The quantitative estimate of drug-likeness (QED) is 0.250. The van der Waals surface area contributed by atoms with E-state index in [0.29, 0.717) is 16.9 Å². The van der Waals surface area contributed by atoms with Gasteiger partial charge < -0.3 is 4.42 Å². The number of furan rings is 1. The van der Waals surface area contributed by atoms with E-state index >= 15 is 0 Å². The maximum Gasteiger partial charge on any atom is 0.227 e. The second kappa shape index (κ2) is 8.64. The summed E-state index contributed by atoms with van der Waals surface area (Å²) in [6, 6.07) is 20.1. The van der Waals surface area contributed by atoms with E-state index in [4.69, 9.17) is 12.6 Å². The predicted molar refractivity (Wildman–Crippen MR) is 146 cm³/mol. The first-order valence-electron chi connectivity index (χ1n) is 15.0. The highest BCUT2D eigenvalue weighted by atomic mass is 16.3. The van der Waals surface area contributed by atoms with Gasteiger partial charge in [-0.2, -0.15) is 0 Å². The van der Waals surface area contributed by atoms with E-state index in [2.05, 4.69) is 59.8 Å². The van der Waals surface area contributed by atoms with Crippen LogP contribution in [0.25, 0.3) is 44.5 Å². The fourth-order valence-electron chi connectivity index (χ4n) is 4.76. The summed E-state index contributed by atoms with van der Waals surface area (Å²) >= 11 is 0. The third kappa shape index (κ3) is 4.36. The number of aromatic nitrogens is 2. The third-order valence-corrected chi connectivity index (χ3v) is 6.54. The summed E-state index contributed by atoms with van der Waals surface area (Å²) in [6.07, 6.45) is 3.05. The highest BCUT2D eigenvalue weighted by molar-refractivity contribution is 6.08. The minimum Gasteiger partial charge on any atom is -0.437 e. The molecule has 5 rings (SSSR count). The van der Waals surface area contributed by atoms with Crippen molar-refractivity contribution in [3.8, 4) is 22.4 Å². The third-order valence-electron chi connectivity index (χ3n) is 6.54. The van der Waals surface area contributed by atoms with Crippen LogP contribution in [-0.4, -0.2) is 4.98 Å². The number of hydrogen-bond donors (Lipinski definition) is 0. The number of aryl methyl sites for hydroxylation is 2. The van der Waals surface area contributed by atoms with Crippen molar-refractivity contribution in [3.05, 3.63) is 83.7 Å². The highest BCUT2D eigenvalue weighted by Gasteiger charge is 2.23. The number of hydrogen-bond acceptors (Lipinski definition) is 2. The van der Waals surface area contributed by atoms with Gasteiger partial charge in [-0.1, -0.05) is 70.9 Å². The van der Waals surface area contributed by atoms with Crippen molar-refractivity contribution in [2.45, 2.75) is 53.2 Å². The molecule has 0 fully saturated rings. The topological polar surface area (TPSA) is 29.9 Å². The molecule has 0 aliphatic rings. The lowest BCUT2D eigenvalue weighted by molar-refractivity contribution is -0.660. The zero-order valence-electron chi connectivity index (χ0n) is 26.9. The van der Waals surface area contributed by atoms with Gasteiger partial charge in [-0.05, 0) is 53.6 Å². The van der Waals surface area contributed by atoms with E-state index in [9.17, 15) is 0 Å². The molecule has 0 amide bonds. The number of rotatable bonds is 4. The maximum atomic E-state index is 8.03. The molecule has 0 bridgehead atoms. The molecule has 178 valence electrons. The molecule has 0 spiro atoms. The second-order valence-electron chi connectivity index (χ2n) is 10.1. The van der Waals surface area contributed by atoms with Gasteiger partial charge in [0.1, 0.15) is 7.05 Å². The molecule has 0 unspecified atom stereocenters. The Hall–Kier alpha value is -3.46. The van der Waals surface area contributed by atoms with Gasteiger partial charge in [0.2, 0.25) is 11.4 Å². The lowest BCUT2D eigenvalue weighted by Gasteiger charge is -2.16. The van der Waals surface area contributed by atoms with Gasteiger partial charge in [-0.25, -0.2) is 9.55 Å². The monoisotopic (exact) mass is 469 g/mol. The zero-order valence-corrected chi connectivity index (χ0v) is 20.9. The van der Waals surface area contributed by atoms with Crippen molar-refractivity contribution in [2.75, 3.05) is 0 Å². The summed E-state index contributed by atoms with van der Waals surface area (Å²) < 4.78 is 56.6. The Labute approximate surface area is 216 Å². The number of fused-ring (bicyclic) bond motifs is 3. The molecule has 5 aromatic rings. The van der Waals surface area contributed by atoms with E-state index in [-0.39, 0.29) is 11.4 Å². The normalized spacial score (nSPS) is 15.5. The molecule has 2 aromatic carbocycles. The van der Waals surface area contributed by atoms with E-state index in [0.717, 1.165) is 39.8 Å². The van der Waals surface area contributed by atoms with Crippen LogP contribution < -0.4 is 4.57 Å². The molecule has 3 heteroatoms. The number of pyridine rings is 2. The summed E-state index contributed by atoms with van der Waals surface area (Å²) in [6.45, 7) is 2.09. The van der Waals surface area contributed by atoms with E-state index in [1.54, 1.807) is 6.07 Å². The lowest BCUT2D eigenvalue weighted by atomic mass is 9.91. The van der Waals surface area contributed by atoms with Crippen molar-refractivity contribution >= 4 is 22.1 Å². The standard InChI is InChI=1S/C32H35N2O/c1-20(2)17-22-9-8-10-23(18-22)24-15-16-34(7)27(19-24)29-21(3)11-12-25-26-13-14-28(32(4,5)6)33-31(26)35-30(25)29/h8-16,18-20H,17H2,1-7H3/q+1/i4D3,5D3. The molecule has 3 heterocycles. The fourth-order valence-corrected chi connectivity index (χ4v) is 4.76. The summed E-state index contributed by atoms with van der Waals surface area (Å²) in [5, 5.41) is 1.53. The van der Waals surface area contributed by atoms with E-state index in [1.807, 2.05) is 32.3 Å². The molecule has 0 saturated carbocycles. The zero-order chi connectivity index (χ0) is 29.9. The smallest absolute Gasteiger partial charge is 0.227 e. The minimum absolute atomic E-state index is 0.0452. The molecule has 0 N–H and O–H groups in total. The van der Waals surface area contributed by atoms with Gasteiger partial charge in [0.25, 0.3) is 0 Å². The molecule has 35 heavy (non-hydrogen) atoms. The van der Waals surface area contributed by atoms with Gasteiger partial charge in [0, 0.05) is 42.2 Å². The van der Waals surface area contributed by atoms with E-state index < -0.39 is 19.1 Å². The first kappa shape index (κ1) is 17.0. The van der Waals surface area contributed by atoms with Gasteiger partial charge in [0.05, 0.1) is 5.56 Å². The van der Waals surface area contributed by atoms with Crippen LogP contribution in [0.15, 0.2) is 71.3 Å². The van der Waals surface area contributed by atoms with Crippen molar-refractivity contribution in [3.63, 3.8) is 0 Å². The molecular weight excluding hydrogens is 428 g/mol. The molecule has 0 aliphatic carbocycles. The van der Waals surface area contributed by atoms with Crippen molar-refractivity contribution in [2.24, 2.45) is 13.0 Å². The average molecular weight is 470 g/mol. The van der Waals surface area contributed by atoms with Crippen LogP contribution in [0.2, 0.25) is 0 Å². The van der Waals surface area contributed by atoms with Crippen molar-refractivity contribution < 1.29 is 17.2 Å². The predicted octanol–water partition coefficient (Wildman–Crippen LogP) is 7.94. The second-order valence-corrected chi connectivity index (χ2v) is 10.1. The Morgan fingerprint density at radius 1 is 1.00 bits per heavy atom. The molecule has 0 aliphatic heterocycles. The van der Waals surface area contributed by atoms with Crippen LogP contribution in [-0.2, 0) is 18.9 Å². The molecule has 3 nitrogen and oxygen atoms in total. The Balaban J connectivity index is 1.70. The Bertz CT molecular complexity index is 1750. The SMILES string of the molecule is [2H]C([2H])([2H])C(C)(c1ccc2c(n1)oc1c(-c3cc(-c4cccc(CC(C)C)c4)cc[n+]3C)c(C)ccc12)C([2H])([2H])[2H]. The molecule has 3 aromatic heterocycles. The maximum absolute atomic E-state index is 8.03. The fraction of sp³-hybridized carbons (Fsp3) is 0.312. The Kier molecular flexibility index (Phi) is 4.21. The van der Waals surface area contributed by atoms with Gasteiger partial charge in [0.15, 0.2) is 11.8 Å². The van der Waals surface area contributed by atoms with Gasteiger partial charge >= 0.3 is 0 Å². The minimum atomic E-state index is -2.80. The molecule has 0 atom stereocenters. The highest BCUT2D eigenvalue weighted by Crippen LogP contribution is 2.38. The first-order valence-corrected chi connectivity index (χ1v) is 12.0. The Morgan fingerprint density at radius 2 is 1.77 bits per heavy atom. The van der Waals surface area contributed by atoms with Crippen LogP contribution in [0.4, 0.5) is 0 Å². The molecule has 0 saturated heterocycles.